The molecule has 0 radical (unpaired) electrons. The molecule has 7 heteroatoms. The van der Waals surface area contributed by atoms with Gasteiger partial charge >= 0.3 is 5.97 Å². The Morgan fingerprint density at radius 1 is 1.35 bits per heavy atom. The topological polar surface area (TPSA) is 101 Å². The monoisotopic (exact) mass is 279 g/mol. The maximum atomic E-state index is 12.1. The van der Waals surface area contributed by atoms with Crippen LogP contribution in [0.3, 0.4) is 0 Å². The number of nitrogens with zero attached hydrogens (tertiary/aromatic N) is 2. The molecule has 1 aliphatic rings. The number of rotatable bonds is 4. The molecule has 1 aromatic heterocycles. The molecule has 2 rings (SSSR count). The van der Waals surface area contributed by atoms with Gasteiger partial charge < -0.3 is 9.84 Å². The molecule has 1 saturated carbocycles. The number of amides is 1. The number of ether oxygens (including phenoxy) is 1. The molecular formula is C13H17N3O4. The summed E-state index contributed by atoms with van der Waals surface area (Å²) in [5.41, 5.74) is 0.661. The van der Waals surface area contributed by atoms with E-state index in [0.717, 1.165) is 6.42 Å². The number of hydrogen-bond donors (Lipinski definition) is 2. The van der Waals surface area contributed by atoms with Crippen molar-refractivity contribution in [2.75, 3.05) is 12.4 Å². The van der Waals surface area contributed by atoms with Gasteiger partial charge in [0.15, 0.2) is 0 Å². The second-order valence-corrected chi connectivity index (χ2v) is 4.85. The number of aliphatic carboxylic acids is 1. The van der Waals surface area contributed by atoms with Crippen molar-refractivity contribution in [1.82, 2.24) is 9.97 Å². The van der Waals surface area contributed by atoms with Crippen molar-refractivity contribution in [1.29, 1.82) is 0 Å². The van der Waals surface area contributed by atoms with Crippen LogP contribution in [-0.2, 0) is 9.59 Å². The first-order valence-electron chi connectivity index (χ1n) is 6.44. The Morgan fingerprint density at radius 2 is 2.05 bits per heavy atom. The molecule has 2 atom stereocenters. The van der Waals surface area contributed by atoms with E-state index in [1.54, 1.807) is 13.0 Å². The van der Waals surface area contributed by atoms with Crippen LogP contribution in [0, 0.1) is 18.8 Å². The van der Waals surface area contributed by atoms with Crippen LogP contribution in [0.1, 0.15) is 25.0 Å². The summed E-state index contributed by atoms with van der Waals surface area (Å²) in [6.45, 7) is 1.76. The van der Waals surface area contributed by atoms with E-state index in [1.807, 2.05) is 0 Å². The number of carbonyl (C=O) groups is 2. The molecule has 1 amide bonds. The third-order valence-corrected chi connectivity index (χ3v) is 3.44. The summed E-state index contributed by atoms with van der Waals surface area (Å²) in [6.07, 6.45) is 1.85. The van der Waals surface area contributed by atoms with Crippen LogP contribution in [0.4, 0.5) is 5.95 Å². The van der Waals surface area contributed by atoms with Crippen LogP contribution in [0.15, 0.2) is 6.07 Å². The Hall–Kier alpha value is -2.18. The predicted octanol–water partition coefficient (Wildman–Crippen LogP) is 1.23. The molecule has 108 valence electrons. The van der Waals surface area contributed by atoms with E-state index in [9.17, 15) is 9.59 Å². The normalized spacial score (nSPS) is 21.5. The fourth-order valence-corrected chi connectivity index (χ4v) is 2.47. The molecule has 0 bridgehead atoms. The summed E-state index contributed by atoms with van der Waals surface area (Å²) >= 11 is 0. The largest absolute Gasteiger partial charge is 0.481 e. The quantitative estimate of drug-likeness (QED) is 0.859. The lowest BCUT2D eigenvalue weighted by Crippen LogP contribution is -2.30. The highest BCUT2D eigenvalue weighted by atomic mass is 16.5. The second-order valence-electron chi connectivity index (χ2n) is 4.85. The van der Waals surface area contributed by atoms with Crippen molar-refractivity contribution in [3.05, 3.63) is 11.8 Å². The number of aryl methyl sites for hydroxylation is 1. The summed E-state index contributed by atoms with van der Waals surface area (Å²) < 4.78 is 5.01. The number of carboxylic acids is 1. The third kappa shape index (κ3) is 3.04. The molecule has 1 fully saturated rings. The highest BCUT2D eigenvalue weighted by Gasteiger charge is 2.38. The van der Waals surface area contributed by atoms with Crippen LogP contribution in [0.25, 0.3) is 0 Å². The van der Waals surface area contributed by atoms with Crippen LogP contribution in [0.2, 0.25) is 0 Å². The fourth-order valence-electron chi connectivity index (χ4n) is 2.47. The summed E-state index contributed by atoms with van der Waals surface area (Å²) in [5, 5.41) is 11.7. The molecule has 0 aromatic carbocycles. The number of nitrogens with one attached hydrogen (secondary N) is 1. The van der Waals surface area contributed by atoms with Gasteiger partial charge in [0.05, 0.1) is 18.9 Å². The number of methoxy groups -OCH3 is 1. The Balaban J connectivity index is 2.11. The van der Waals surface area contributed by atoms with Crippen molar-refractivity contribution in [3.63, 3.8) is 0 Å². The van der Waals surface area contributed by atoms with Crippen molar-refractivity contribution < 1.29 is 19.4 Å². The summed E-state index contributed by atoms with van der Waals surface area (Å²) in [4.78, 5) is 31.4. The van der Waals surface area contributed by atoms with E-state index < -0.39 is 17.8 Å². The van der Waals surface area contributed by atoms with Crippen molar-refractivity contribution in [3.8, 4) is 5.88 Å². The summed E-state index contributed by atoms with van der Waals surface area (Å²) in [7, 11) is 1.48. The predicted molar refractivity (Wildman–Crippen MR) is 70.4 cm³/mol. The smallest absolute Gasteiger partial charge is 0.307 e. The van der Waals surface area contributed by atoms with E-state index in [-0.39, 0.29) is 11.9 Å². The lowest BCUT2D eigenvalue weighted by Gasteiger charge is -2.15. The fraction of sp³-hybridized carbons (Fsp3) is 0.538. The Labute approximate surface area is 116 Å². The van der Waals surface area contributed by atoms with Gasteiger partial charge in [-0.2, -0.15) is 4.98 Å². The first-order valence-corrected chi connectivity index (χ1v) is 6.44. The standard InChI is InChI=1S/C13H17N3O4/c1-7-6-10(20-2)15-13(14-7)16-11(17)8-4-3-5-9(8)12(18)19/h6,8-9H,3-5H2,1-2H3,(H,18,19)(H,14,15,16,17)/t8-,9+/m1/s1. The summed E-state index contributed by atoms with van der Waals surface area (Å²) in [6, 6.07) is 1.64. The van der Waals surface area contributed by atoms with Crippen molar-refractivity contribution in [2.45, 2.75) is 26.2 Å². The minimum absolute atomic E-state index is 0.142. The summed E-state index contributed by atoms with van der Waals surface area (Å²) in [5.74, 6) is -1.92. The van der Waals surface area contributed by atoms with Gasteiger partial charge in [0.1, 0.15) is 0 Å². The number of aromatic nitrogens is 2. The second kappa shape index (κ2) is 5.85. The SMILES string of the molecule is COc1cc(C)nc(NC(=O)[C@@H]2CCC[C@@H]2C(=O)O)n1. The van der Waals surface area contributed by atoms with E-state index >= 15 is 0 Å². The van der Waals surface area contributed by atoms with Crippen LogP contribution in [0.5, 0.6) is 5.88 Å². The molecule has 0 spiro atoms. The minimum Gasteiger partial charge on any atom is -0.481 e. The molecule has 2 N–H and O–H groups in total. The zero-order chi connectivity index (χ0) is 14.7. The van der Waals surface area contributed by atoms with Crippen molar-refractivity contribution in [2.24, 2.45) is 11.8 Å². The van der Waals surface area contributed by atoms with E-state index in [0.29, 0.717) is 24.4 Å². The van der Waals surface area contributed by atoms with Gasteiger partial charge in [-0.15, -0.1) is 0 Å². The lowest BCUT2D eigenvalue weighted by molar-refractivity contribution is -0.145. The molecular weight excluding hydrogens is 262 g/mol. The molecule has 1 heterocycles. The molecule has 1 aliphatic carbocycles. The maximum absolute atomic E-state index is 12.1. The van der Waals surface area contributed by atoms with Crippen LogP contribution >= 0.6 is 0 Å². The number of anilines is 1. The highest BCUT2D eigenvalue weighted by molar-refractivity contribution is 5.94. The van der Waals surface area contributed by atoms with Gasteiger partial charge in [-0.25, -0.2) is 4.98 Å². The number of carbonyl (C=O) groups excluding carboxylic acids is 1. The Bertz CT molecular complexity index is 532. The Morgan fingerprint density at radius 3 is 2.70 bits per heavy atom. The number of carboxylic acid groups (broad SMARTS) is 1. The molecule has 1 aromatic rings. The average Bonchev–Trinajstić information content (AvgIpc) is 2.87. The first kappa shape index (κ1) is 14.2. The third-order valence-electron chi connectivity index (χ3n) is 3.44. The molecule has 0 aliphatic heterocycles. The van der Waals surface area contributed by atoms with E-state index in [2.05, 4.69) is 15.3 Å². The molecule has 7 nitrogen and oxygen atoms in total. The van der Waals surface area contributed by atoms with Crippen LogP contribution in [-0.4, -0.2) is 34.1 Å². The highest BCUT2D eigenvalue weighted by Crippen LogP contribution is 2.32. The van der Waals surface area contributed by atoms with Gasteiger partial charge in [-0.1, -0.05) is 6.42 Å². The van der Waals surface area contributed by atoms with E-state index in [4.69, 9.17) is 9.84 Å². The van der Waals surface area contributed by atoms with Gasteiger partial charge in [0.25, 0.3) is 0 Å². The zero-order valence-corrected chi connectivity index (χ0v) is 11.4. The molecule has 0 saturated heterocycles. The van der Waals surface area contributed by atoms with Gasteiger partial charge in [0, 0.05) is 11.8 Å². The lowest BCUT2D eigenvalue weighted by atomic mass is 9.95. The zero-order valence-electron chi connectivity index (χ0n) is 11.4. The van der Waals surface area contributed by atoms with Gasteiger partial charge in [0.2, 0.25) is 17.7 Å². The van der Waals surface area contributed by atoms with Gasteiger partial charge in [-0.3, -0.25) is 14.9 Å². The molecule has 20 heavy (non-hydrogen) atoms. The first-order chi connectivity index (χ1) is 9.51. The maximum Gasteiger partial charge on any atom is 0.307 e. The van der Waals surface area contributed by atoms with Gasteiger partial charge in [-0.05, 0) is 19.8 Å². The van der Waals surface area contributed by atoms with Crippen LogP contribution < -0.4 is 10.1 Å². The average molecular weight is 279 g/mol. The molecule has 0 unspecified atom stereocenters. The van der Waals surface area contributed by atoms with E-state index in [1.165, 1.54) is 7.11 Å². The van der Waals surface area contributed by atoms with Crippen molar-refractivity contribution >= 4 is 17.8 Å². The Kier molecular flexibility index (Phi) is 4.16. The minimum atomic E-state index is -0.926. The number of hydrogen-bond acceptors (Lipinski definition) is 5.